The maximum atomic E-state index is 11.7. The molecule has 1 aromatic rings. The Balaban J connectivity index is 3.04. The van der Waals surface area contributed by atoms with Gasteiger partial charge in [-0.1, -0.05) is 11.6 Å². The maximum Gasteiger partial charge on any atom is 0.339 e. The van der Waals surface area contributed by atoms with Gasteiger partial charge in [0, 0.05) is 24.7 Å². The smallest absolute Gasteiger partial charge is 0.339 e. The quantitative estimate of drug-likeness (QED) is 0.868. The Morgan fingerprint density at radius 1 is 1.40 bits per heavy atom. The van der Waals surface area contributed by atoms with Gasteiger partial charge >= 0.3 is 5.97 Å². The normalized spacial score (nSPS) is 10.0. The molecule has 0 aliphatic heterocycles. The average Bonchev–Trinajstić information content (AvgIpc) is 2.43. The van der Waals surface area contributed by atoms with Crippen molar-refractivity contribution in [3.05, 3.63) is 22.7 Å². The van der Waals surface area contributed by atoms with E-state index in [2.05, 4.69) is 0 Å². The molecular formula is C13H16ClNO5. The second kappa shape index (κ2) is 7.00. The van der Waals surface area contributed by atoms with Gasteiger partial charge in [-0.25, -0.2) is 4.79 Å². The summed E-state index contributed by atoms with van der Waals surface area (Å²) in [6, 6.07) is 2.67. The highest BCUT2D eigenvalue weighted by molar-refractivity contribution is 6.31. The number of hydrogen-bond acceptors (Lipinski definition) is 4. The van der Waals surface area contributed by atoms with Crippen LogP contribution in [0.2, 0.25) is 5.02 Å². The van der Waals surface area contributed by atoms with E-state index in [4.69, 9.17) is 26.2 Å². The van der Waals surface area contributed by atoms with Crippen LogP contribution in [0.25, 0.3) is 0 Å². The van der Waals surface area contributed by atoms with E-state index in [0.29, 0.717) is 6.54 Å². The zero-order chi connectivity index (χ0) is 15.3. The summed E-state index contributed by atoms with van der Waals surface area (Å²) in [6.45, 7) is 2.08. The second-order valence-corrected chi connectivity index (χ2v) is 4.42. The van der Waals surface area contributed by atoms with Gasteiger partial charge in [0.1, 0.15) is 5.56 Å². The number of benzene rings is 1. The van der Waals surface area contributed by atoms with Crippen molar-refractivity contribution in [2.75, 3.05) is 27.3 Å². The SMILES string of the molecule is CCN(C)C(=O)COc1c(OC)cc(Cl)cc1C(=O)O. The molecule has 110 valence electrons. The third-order valence-corrected chi connectivity index (χ3v) is 2.93. The highest BCUT2D eigenvalue weighted by Gasteiger charge is 2.19. The summed E-state index contributed by atoms with van der Waals surface area (Å²) in [4.78, 5) is 24.3. The minimum atomic E-state index is -1.21. The molecule has 1 rings (SSSR count). The van der Waals surface area contributed by atoms with E-state index in [0.717, 1.165) is 0 Å². The molecule has 0 aromatic heterocycles. The number of carbonyl (C=O) groups excluding carboxylic acids is 1. The molecule has 0 saturated carbocycles. The minimum absolute atomic E-state index is 0.0118. The molecule has 0 unspecified atom stereocenters. The van der Waals surface area contributed by atoms with E-state index < -0.39 is 5.97 Å². The Morgan fingerprint density at radius 3 is 2.55 bits per heavy atom. The Labute approximate surface area is 121 Å². The second-order valence-electron chi connectivity index (χ2n) is 3.99. The molecule has 0 fully saturated rings. The lowest BCUT2D eigenvalue weighted by atomic mass is 10.2. The van der Waals surface area contributed by atoms with Crippen LogP contribution in [0, 0.1) is 0 Å². The summed E-state index contributed by atoms with van der Waals surface area (Å²) in [5.74, 6) is -1.32. The fourth-order valence-corrected chi connectivity index (χ4v) is 1.66. The summed E-state index contributed by atoms with van der Waals surface area (Å²) in [5, 5.41) is 9.35. The lowest BCUT2D eigenvalue weighted by Crippen LogP contribution is -2.31. The minimum Gasteiger partial charge on any atom is -0.493 e. The number of likely N-dealkylation sites (N-methyl/N-ethyl adjacent to an activating group) is 1. The number of halogens is 1. The van der Waals surface area contributed by atoms with E-state index in [1.165, 1.54) is 24.1 Å². The monoisotopic (exact) mass is 301 g/mol. The van der Waals surface area contributed by atoms with E-state index in [-0.39, 0.29) is 34.6 Å². The number of amides is 1. The van der Waals surface area contributed by atoms with Crippen molar-refractivity contribution in [3.8, 4) is 11.5 Å². The molecule has 0 bridgehead atoms. The molecular weight excluding hydrogens is 286 g/mol. The number of carbonyl (C=O) groups is 2. The van der Waals surface area contributed by atoms with Crippen molar-refractivity contribution in [1.82, 2.24) is 4.90 Å². The number of nitrogens with zero attached hydrogens (tertiary/aromatic N) is 1. The van der Waals surface area contributed by atoms with E-state index in [9.17, 15) is 9.59 Å². The molecule has 7 heteroatoms. The van der Waals surface area contributed by atoms with Crippen LogP contribution in [0.5, 0.6) is 11.5 Å². The Morgan fingerprint density at radius 2 is 2.05 bits per heavy atom. The lowest BCUT2D eigenvalue weighted by molar-refractivity contribution is -0.131. The Kier molecular flexibility index (Phi) is 5.64. The fourth-order valence-electron chi connectivity index (χ4n) is 1.45. The Bertz CT molecular complexity index is 518. The van der Waals surface area contributed by atoms with Crippen molar-refractivity contribution in [2.45, 2.75) is 6.92 Å². The molecule has 0 atom stereocenters. The van der Waals surface area contributed by atoms with Crippen LogP contribution < -0.4 is 9.47 Å². The van der Waals surface area contributed by atoms with Crippen molar-refractivity contribution >= 4 is 23.5 Å². The summed E-state index contributed by atoms with van der Waals surface area (Å²) < 4.78 is 10.3. The van der Waals surface area contributed by atoms with Gasteiger partial charge in [0.2, 0.25) is 0 Å². The number of hydrogen-bond donors (Lipinski definition) is 1. The molecule has 1 amide bonds. The van der Waals surface area contributed by atoms with E-state index in [1.54, 1.807) is 7.05 Å². The van der Waals surface area contributed by atoms with Crippen LogP contribution >= 0.6 is 11.6 Å². The summed E-state index contributed by atoms with van der Waals surface area (Å²) >= 11 is 5.81. The molecule has 0 aliphatic carbocycles. The molecule has 0 heterocycles. The molecule has 0 aliphatic rings. The highest BCUT2D eigenvalue weighted by Crippen LogP contribution is 2.34. The predicted octanol–water partition coefficient (Wildman–Crippen LogP) is 1.90. The van der Waals surface area contributed by atoms with Gasteiger partial charge in [-0.2, -0.15) is 0 Å². The first kappa shape index (κ1) is 16.1. The predicted molar refractivity (Wildman–Crippen MR) is 73.8 cm³/mol. The number of aromatic carboxylic acids is 1. The largest absolute Gasteiger partial charge is 0.493 e. The zero-order valence-corrected chi connectivity index (χ0v) is 12.2. The molecule has 0 saturated heterocycles. The third-order valence-electron chi connectivity index (χ3n) is 2.71. The standard InChI is InChI=1S/C13H16ClNO5/c1-4-15(2)11(16)7-20-12-9(13(17)18)5-8(14)6-10(12)19-3/h5-6H,4,7H2,1-3H3,(H,17,18). The molecule has 0 radical (unpaired) electrons. The molecule has 0 spiro atoms. The summed E-state index contributed by atoms with van der Waals surface area (Å²) in [6.07, 6.45) is 0. The number of carboxylic acid groups (broad SMARTS) is 1. The first-order chi connectivity index (χ1) is 9.40. The van der Waals surface area contributed by atoms with Crippen LogP contribution in [-0.2, 0) is 4.79 Å². The van der Waals surface area contributed by atoms with Crippen LogP contribution in [-0.4, -0.2) is 49.2 Å². The molecule has 20 heavy (non-hydrogen) atoms. The average molecular weight is 302 g/mol. The molecule has 1 N–H and O–H groups in total. The maximum absolute atomic E-state index is 11.7. The highest BCUT2D eigenvalue weighted by atomic mass is 35.5. The first-order valence-electron chi connectivity index (χ1n) is 5.88. The molecule has 6 nitrogen and oxygen atoms in total. The van der Waals surface area contributed by atoms with Crippen molar-refractivity contribution in [1.29, 1.82) is 0 Å². The van der Waals surface area contributed by atoms with Gasteiger partial charge < -0.3 is 19.5 Å². The number of methoxy groups -OCH3 is 1. The van der Waals surface area contributed by atoms with Crippen LogP contribution in [0.3, 0.4) is 0 Å². The number of ether oxygens (including phenoxy) is 2. The van der Waals surface area contributed by atoms with Crippen LogP contribution in [0.1, 0.15) is 17.3 Å². The van der Waals surface area contributed by atoms with Gasteiger partial charge in [0.25, 0.3) is 5.91 Å². The topological polar surface area (TPSA) is 76.1 Å². The van der Waals surface area contributed by atoms with Crippen molar-refractivity contribution in [2.24, 2.45) is 0 Å². The molecule has 1 aromatic carbocycles. The van der Waals surface area contributed by atoms with Gasteiger partial charge in [0.05, 0.1) is 7.11 Å². The van der Waals surface area contributed by atoms with Gasteiger partial charge in [-0.15, -0.1) is 0 Å². The summed E-state index contributed by atoms with van der Waals surface area (Å²) in [5.41, 5.74) is -0.152. The number of carboxylic acids is 1. The van der Waals surface area contributed by atoms with Crippen molar-refractivity contribution < 1.29 is 24.2 Å². The van der Waals surface area contributed by atoms with E-state index >= 15 is 0 Å². The Hall–Kier alpha value is -1.95. The van der Waals surface area contributed by atoms with Crippen LogP contribution in [0.4, 0.5) is 0 Å². The van der Waals surface area contributed by atoms with Gasteiger partial charge in [-0.3, -0.25) is 4.79 Å². The van der Waals surface area contributed by atoms with E-state index in [1.807, 2.05) is 6.92 Å². The van der Waals surface area contributed by atoms with Crippen LogP contribution in [0.15, 0.2) is 12.1 Å². The fraction of sp³-hybridized carbons (Fsp3) is 0.385. The lowest BCUT2D eigenvalue weighted by Gasteiger charge is -2.17. The van der Waals surface area contributed by atoms with Gasteiger partial charge in [0.15, 0.2) is 18.1 Å². The number of rotatable bonds is 6. The van der Waals surface area contributed by atoms with Crippen molar-refractivity contribution in [3.63, 3.8) is 0 Å². The van der Waals surface area contributed by atoms with Gasteiger partial charge in [-0.05, 0) is 13.0 Å². The third kappa shape index (κ3) is 3.77. The summed E-state index contributed by atoms with van der Waals surface area (Å²) in [7, 11) is 2.99. The first-order valence-corrected chi connectivity index (χ1v) is 6.26. The zero-order valence-electron chi connectivity index (χ0n) is 11.5.